The number of nitrogens with one attached hydrogen (secondary N) is 2. The van der Waals surface area contributed by atoms with E-state index in [0.717, 1.165) is 29.8 Å². The molecule has 0 atom stereocenters. The van der Waals surface area contributed by atoms with Crippen molar-refractivity contribution < 1.29 is 4.79 Å². The molecular weight excluding hydrogens is 238 g/mol. The highest BCUT2D eigenvalue weighted by atomic mass is 16.1. The van der Waals surface area contributed by atoms with Crippen molar-refractivity contribution in [2.75, 3.05) is 5.32 Å². The molecular formula is C15H19N3O. The van der Waals surface area contributed by atoms with Gasteiger partial charge in [-0.15, -0.1) is 0 Å². The van der Waals surface area contributed by atoms with Gasteiger partial charge < -0.3 is 10.3 Å². The van der Waals surface area contributed by atoms with Crippen molar-refractivity contribution in [2.24, 2.45) is 5.92 Å². The number of hydrogen-bond donors (Lipinski definition) is 2. The van der Waals surface area contributed by atoms with Gasteiger partial charge in [0, 0.05) is 17.2 Å². The predicted octanol–water partition coefficient (Wildman–Crippen LogP) is 3.45. The molecule has 0 spiro atoms. The minimum absolute atomic E-state index is 0.0795. The quantitative estimate of drug-likeness (QED) is 0.861. The third-order valence-electron chi connectivity index (χ3n) is 3.30. The maximum Gasteiger partial charge on any atom is 0.227 e. The Bertz CT molecular complexity index is 530. The van der Waals surface area contributed by atoms with E-state index in [4.69, 9.17) is 0 Å². The highest BCUT2D eigenvalue weighted by Crippen LogP contribution is 2.21. The Labute approximate surface area is 113 Å². The van der Waals surface area contributed by atoms with Gasteiger partial charge in [0.1, 0.15) is 0 Å². The second kappa shape index (κ2) is 6.18. The summed E-state index contributed by atoms with van der Waals surface area (Å²) in [4.78, 5) is 19.1. The summed E-state index contributed by atoms with van der Waals surface area (Å²) in [6.45, 7) is 4.07. The molecule has 0 saturated heterocycles. The van der Waals surface area contributed by atoms with E-state index in [-0.39, 0.29) is 11.8 Å². The highest BCUT2D eigenvalue weighted by Gasteiger charge is 2.14. The van der Waals surface area contributed by atoms with Crippen LogP contribution in [0.25, 0.3) is 11.3 Å². The zero-order valence-corrected chi connectivity index (χ0v) is 11.3. The second-order valence-electron chi connectivity index (χ2n) is 4.55. The van der Waals surface area contributed by atoms with E-state index in [1.54, 1.807) is 12.5 Å². The van der Waals surface area contributed by atoms with Gasteiger partial charge in [0.2, 0.25) is 5.91 Å². The fourth-order valence-corrected chi connectivity index (χ4v) is 2.08. The molecule has 4 heteroatoms. The van der Waals surface area contributed by atoms with Crippen molar-refractivity contribution in [1.29, 1.82) is 0 Å². The van der Waals surface area contributed by atoms with Crippen LogP contribution in [0.15, 0.2) is 36.8 Å². The SMILES string of the molecule is CCC(CC)C(=O)Nc1cccc(-c2cnc[nH]2)c1. The molecule has 4 nitrogen and oxygen atoms in total. The summed E-state index contributed by atoms with van der Waals surface area (Å²) in [5.74, 6) is 0.169. The van der Waals surface area contributed by atoms with Crippen molar-refractivity contribution in [1.82, 2.24) is 9.97 Å². The molecule has 0 saturated carbocycles. The van der Waals surface area contributed by atoms with Gasteiger partial charge in [-0.1, -0.05) is 26.0 Å². The standard InChI is InChI=1S/C15H19N3O/c1-3-11(4-2)15(19)18-13-7-5-6-12(8-13)14-9-16-10-17-14/h5-11H,3-4H2,1-2H3,(H,16,17)(H,18,19). The van der Waals surface area contributed by atoms with Crippen LogP contribution in [0.1, 0.15) is 26.7 Å². The van der Waals surface area contributed by atoms with Gasteiger partial charge in [-0.2, -0.15) is 0 Å². The molecule has 0 fully saturated rings. The number of hydrogen-bond acceptors (Lipinski definition) is 2. The first kappa shape index (κ1) is 13.3. The van der Waals surface area contributed by atoms with Crippen molar-refractivity contribution in [3.8, 4) is 11.3 Å². The number of amides is 1. The Hall–Kier alpha value is -2.10. The lowest BCUT2D eigenvalue weighted by molar-refractivity contribution is -0.120. The summed E-state index contributed by atoms with van der Waals surface area (Å²) >= 11 is 0. The van der Waals surface area contributed by atoms with Gasteiger partial charge in [-0.25, -0.2) is 4.98 Å². The third-order valence-corrected chi connectivity index (χ3v) is 3.30. The van der Waals surface area contributed by atoms with Gasteiger partial charge in [-0.05, 0) is 25.0 Å². The topological polar surface area (TPSA) is 57.8 Å². The van der Waals surface area contributed by atoms with Crippen LogP contribution in [0.3, 0.4) is 0 Å². The molecule has 0 aliphatic rings. The summed E-state index contributed by atoms with van der Waals surface area (Å²) < 4.78 is 0. The van der Waals surface area contributed by atoms with Crippen LogP contribution in [-0.4, -0.2) is 15.9 Å². The molecule has 100 valence electrons. The number of carbonyl (C=O) groups excluding carboxylic acids is 1. The summed E-state index contributed by atoms with van der Waals surface area (Å²) in [6, 6.07) is 7.77. The third kappa shape index (κ3) is 3.22. The molecule has 2 aromatic rings. The molecule has 0 unspecified atom stereocenters. The molecule has 0 bridgehead atoms. The highest BCUT2D eigenvalue weighted by molar-refractivity contribution is 5.93. The maximum atomic E-state index is 12.0. The first-order chi connectivity index (χ1) is 9.24. The van der Waals surface area contributed by atoms with Gasteiger partial charge in [0.25, 0.3) is 0 Å². The monoisotopic (exact) mass is 257 g/mol. The number of carbonyl (C=O) groups is 1. The summed E-state index contributed by atoms with van der Waals surface area (Å²) in [5.41, 5.74) is 2.78. The van der Waals surface area contributed by atoms with Crippen LogP contribution in [0.4, 0.5) is 5.69 Å². The predicted molar refractivity (Wildman–Crippen MR) is 76.7 cm³/mol. The number of anilines is 1. The summed E-state index contributed by atoms with van der Waals surface area (Å²) in [7, 11) is 0. The zero-order valence-electron chi connectivity index (χ0n) is 11.3. The molecule has 2 N–H and O–H groups in total. The van der Waals surface area contributed by atoms with Crippen LogP contribution in [0.2, 0.25) is 0 Å². The van der Waals surface area contributed by atoms with Gasteiger partial charge in [-0.3, -0.25) is 4.79 Å². The molecule has 1 aromatic heterocycles. The van der Waals surface area contributed by atoms with E-state index in [1.165, 1.54) is 0 Å². The van der Waals surface area contributed by atoms with E-state index >= 15 is 0 Å². The number of aromatic amines is 1. The van der Waals surface area contributed by atoms with Crippen molar-refractivity contribution >= 4 is 11.6 Å². The first-order valence-electron chi connectivity index (χ1n) is 6.64. The van der Waals surface area contributed by atoms with E-state index in [0.29, 0.717) is 0 Å². The van der Waals surface area contributed by atoms with Gasteiger partial charge >= 0.3 is 0 Å². The Balaban J connectivity index is 2.14. The zero-order chi connectivity index (χ0) is 13.7. The van der Waals surface area contributed by atoms with Crippen molar-refractivity contribution in [3.05, 3.63) is 36.8 Å². The molecule has 19 heavy (non-hydrogen) atoms. The lowest BCUT2D eigenvalue weighted by Gasteiger charge is -2.13. The van der Waals surface area contributed by atoms with E-state index in [1.807, 2.05) is 38.1 Å². The van der Waals surface area contributed by atoms with E-state index < -0.39 is 0 Å². The Morgan fingerprint density at radius 1 is 1.37 bits per heavy atom. The van der Waals surface area contributed by atoms with Crippen LogP contribution in [0.5, 0.6) is 0 Å². The van der Waals surface area contributed by atoms with Gasteiger partial charge in [0.05, 0.1) is 18.2 Å². The first-order valence-corrected chi connectivity index (χ1v) is 6.64. The summed E-state index contributed by atoms with van der Waals surface area (Å²) in [6.07, 6.45) is 5.14. The molecule has 0 aliphatic heterocycles. The molecule has 1 amide bonds. The maximum absolute atomic E-state index is 12.0. The molecule has 0 aliphatic carbocycles. The number of rotatable bonds is 5. The van der Waals surface area contributed by atoms with Crippen LogP contribution in [-0.2, 0) is 4.79 Å². The second-order valence-corrected chi connectivity index (χ2v) is 4.55. The lowest BCUT2D eigenvalue weighted by Crippen LogP contribution is -2.21. The average Bonchev–Trinajstić information content (AvgIpc) is 2.94. The number of nitrogens with zero attached hydrogens (tertiary/aromatic N) is 1. The minimum atomic E-state index is 0.0795. The minimum Gasteiger partial charge on any atom is -0.345 e. The largest absolute Gasteiger partial charge is 0.345 e. The fraction of sp³-hybridized carbons (Fsp3) is 0.333. The van der Waals surface area contributed by atoms with Gasteiger partial charge in [0.15, 0.2) is 0 Å². The summed E-state index contributed by atoms with van der Waals surface area (Å²) in [5, 5.41) is 2.97. The van der Waals surface area contributed by atoms with Crippen LogP contribution in [0, 0.1) is 5.92 Å². The lowest BCUT2D eigenvalue weighted by atomic mass is 10.0. The van der Waals surface area contributed by atoms with E-state index in [2.05, 4.69) is 15.3 Å². The average molecular weight is 257 g/mol. The Kier molecular flexibility index (Phi) is 4.34. The Morgan fingerprint density at radius 3 is 2.79 bits per heavy atom. The van der Waals surface area contributed by atoms with Crippen LogP contribution < -0.4 is 5.32 Å². The number of aromatic nitrogens is 2. The van der Waals surface area contributed by atoms with Crippen molar-refractivity contribution in [2.45, 2.75) is 26.7 Å². The molecule has 0 radical (unpaired) electrons. The number of benzene rings is 1. The van der Waals surface area contributed by atoms with Crippen LogP contribution >= 0.6 is 0 Å². The fourth-order valence-electron chi connectivity index (χ4n) is 2.08. The molecule has 1 aromatic carbocycles. The number of H-pyrrole nitrogens is 1. The van der Waals surface area contributed by atoms with E-state index in [9.17, 15) is 4.79 Å². The normalized spacial score (nSPS) is 10.7. The molecule has 1 heterocycles. The Morgan fingerprint density at radius 2 is 2.16 bits per heavy atom. The van der Waals surface area contributed by atoms with Crippen molar-refractivity contribution in [3.63, 3.8) is 0 Å². The molecule has 2 rings (SSSR count). The smallest absolute Gasteiger partial charge is 0.227 e. The number of imidazole rings is 1.